The van der Waals surface area contributed by atoms with Crippen LogP contribution >= 0.6 is 11.6 Å². The summed E-state index contributed by atoms with van der Waals surface area (Å²) in [5.74, 6) is 0.401. The molecule has 0 aliphatic carbocycles. The quantitative estimate of drug-likeness (QED) is 0.838. The van der Waals surface area contributed by atoms with Crippen molar-refractivity contribution in [2.45, 2.75) is 20.0 Å². The number of alkyl halides is 3. The number of hydrogen-bond donors (Lipinski definition) is 1. The van der Waals surface area contributed by atoms with E-state index >= 15 is 0 Å². The predicted molar refractivity (Wildman–Crippen MR) is 59.8 cm³/mol. The Bertz CT molecular complexity index is 361. The van der Waals surface area contributed by atoms with Gasteiger partial charge in [-0.25, -0.2) is 0 Å². The Balaban J connectivity index is 2.84. The highest BCUT2D eigenvalue weighted by molar-refractivity contribution is 6.33. The Labute approximate surface area is 97.6 Å². The van der Waals surface area contributed by atoms with E-state index in [4.69, 9.17) is 11.6 Å². The monoisotopic (exact) mass is 251 g/mol. The molecular formula is C11H13ClF3N. The van der Waals surface area contributed by atoms with Crippen LogP contribution in [-0.4, -0.2) is 6.54 Å². The second kappa shape index (κ2) is 4.95. The maximum absolute atomic E-state index is 12.3. The topological polar surface area (TPSA) is 12.0 Å². The molecule has 0 fully saturated rings. The van der Waals surface area contributed by atoms with Gasteiger partial charge < -0.3 is 5.32 Å². The van der Waals surface area contributed by atoms with Crippen LogP contribution in [0, 0.1) is 5.92 Å². The zero-order valence-electron chi connectivity index (χ0n) is 9.03. The molecule has 0 atom stereocenters. The summed E-state index contributed by atoms with van der Waals surface area (Å²) in [6.07, 6.45) is -4.35. The van der Waals surface area contributed by atoms with Crippen LogP contribution in [0.25, 0.3) is 0 Å². The van der Waals surface area contributed by atoms with Crippen molar-refractivity contribution in [3.63, 3.8) is 0 Å². The van der Waals surface area contributed by atoms with Crippen molar-refractivity contribution in [2.75, 3.05) is 11.9 Å². The average Bonchev–Trinajstić information content (AvgIpc) is 2.14. The van der Waals surface area contributed by atoms with Crippen molar-refractivity contribution in [2.24, 2.45) is 5.92 Å². The lowest BCUT2D eigenvalue weighted by molar-refractivity contribution is -0.137. The van der Waals surface area contributed by atoms with Crippen molar-refractivity contribution in [1.29, 1.82) is 0 Å². The van der Waals surface area contributed by atoms with Gasteiger partial charge in [-0.1, -0.05) is 25.4 Å². The van der Waals surface area contributed by atoms with Gasteiger partial charge in [0, 0.05) is 6.54 Å². The Morgan fingerprint density at radius 1 is 1.31 bits per heavy atom. The molecule has 1 aromatic carbocycles. The Kier molecular flexibility index (Phi) is 4.08. The number of nitrogens with one attached hydrogen (secondary N) is 1. The molecule has 0 heterocycles. The van der Waals surface area contributed by atoms with Crippen LogP contribution in [-0.2, 0) is 6.18 Å². The van der Waals surface area contributed by atoms with Gasteiger partial charge in [0.15, 0.2) is 0 Å². The molecule has 0 saturated heterocycles. The van der Waals surface area contributed by atoms with Gasteiger partial charge in [0.2, 0.25) is 0 Å². The maximum Gasteiger partial charge on any atom is 0.416 e. The van der Waals surface area contributed by atoms with Crippen LogP contribution in [0.3, 0.4) is 0 Å². The SMILES string of the molecule is CC(C)CNc1ccc(C(F)(F)F)cc1Cl. The predicted octanol–water partition coefficient (Wildman–Crippen LogP) is 4.43. The maximum atomic E-state index is 12.3. The fraction of sp³-hybridized carbons (Fsp3) is 0.455. The lowest BCUT2D eigenvalue weighted by atomic mass is 10.2. The van der Waals surface area contributed by atoms with Gasteiger partial charge in [0.1, 0.15) is 0 Å². The molecule has 90 valence electrons. The van der Waals surface area contributed by atoms with E-state index < -0.39 is 11.7 Å². The first-order chi connectivity index (χ1) is 7.30. The number of hydrogen-bond acceptors (Lipinski definition) is 1. The third-order valence-electron chi connectivity index (χ3n) is 2.00. The highest BCUT2D eigenvalue weighted by Crippen LogP contribution is 2.33. The summed E-state index contributed by atoms with van der Waals surface area (Å²) in [7, 11) is 0. The van der Waals surface area contributed by atoms with Crippen LogP contribution in [0.5, 0.6) is 0 Å². The van der Waals surface area contributed by atoms with E-state index in [0.29, 0.717) is 18.2 Å². The van der Waals surface area contributed by atoms with Crippen molar-refractivity contribution in [3.8, 4) is 0 Å². The van der Waals surface area contributed by atoms with E-state index in [9.17, 15) is 13.2 Å². The van der Waals surface area contributed by atoms with Crippen LogP contribution in [0.1, 0.15) is 19.4 Å². The molecule has 0 saturated carbocycles. The molecule has 0 spiro atoms. The van der Waals surface area contributed by atoms with Gasteiger partial charge in [0.25, 0.3) is 0 Å². The van der Waals surface area contributed by atoms with Crippen LogP contribution in [0.4, 0.5) is 18.9 Å². The molecule has 0 aliphatic rings. The Morgan fingerprint density at radius 3 is 2.38 bits per heavy atom. The molecule has 0 bridgehead atoms. The van der Waals surface area contributed by atoms with E-state index in [1.54, 1.807) is 0 Å². The zero-order valence-corrected chi connectivity index (χ0v) is 9.78. The largest absolute Gasteiger partial charge is 0.416 e. The van der Waals surface area contributed by atoms with Crippen LogP contribution in [0.2, 0.25) is 5.02 Å². The molecule has 1 aromatic rings. The molecule has 0 amide bonds. The van der Waals surface area contributed by atoms with E-state index in [0.717, 1.165) is 12.1 Å². The van der Waals surface area contributed by atoms with E-state index in [1.165, 1.54) is 6.07 Å². The second-order valence-electron chi connectivity index (χ2n) is 3.97. The summed E-state index contributed by atoms with van der Waals surface area (Å²) in [5, 5.41) is 3.08. The van der Waals surface area contributed by atoms with E-state index in [2.05, 4.69) is 5.32 Å². The minimum atomic E-state index is -4.35. The summed E-state index contributed by atoms with van der Waals surface area (Å²) in [4.78, 5) is 0. The van der Waals surface area contributed by atoms with Gasteiger partial charge in [-0.05, 0) is 24.1 Å². The Morgan fingerprint density at radius 2 is 1.94 bits per heavy atom. The highest BCUT2D eigenvalue weighted by atomic mass is 35.5. The molecular weight excluding hydrogens is 239 g/mol. The van der Waals surface area contributed by atoms with Crippen molar-refractivity contribution in [3.05, 3.63) is 28.8 Å². The molecule has 5 heteroatoms. The minimum Gasteiger partial charge on any atom is -0.384 e. The average molecular weight is 252 g/mol. The number of benzene rings is 1. The molecule has 0 aromatic heterocycles. The second-order valence-corrected chi connectivity index (χ2v) is 4.37. The van der Waals surface area contributed by atoms with Crippen LogP contribution in [0.15, 0.2) is 18.2 Å². The van der Waals surface area contributed by atoms with Gasteiger partial charge in [-0.15, -0.1) is 0 Å². The number of rotatable bonds is 3. The molecule has 0 radical (unpaired) electrons. The summed E-state index contributed by atoms with van der Waals surface area (Å²) in [6.45, 7) is 4.68. The van der Waals surface area contributed by atoms with E-state index in [-0.39, 0.29) is 5.02 Å². The minimum absolute atomic E-state index is 0.0930. The normalized spacial score (nSPS) is 11.9. The molecule has 1 N–H and O–H groups in total. The van der Waals surface area contributed by atoms with Gasteiger partial charge in [0.05, 0.1) is 16.3 Å². The molecule has 16 heavy (non-hydrogen) atoms. The summed E-state index contributed by atoms with van der Waals surface area (Å²) < 4.78 is 37.0. The highest BCUT2D eigenvalue weighted by Gasteiger charge is 2.30. The first-order valence-electron chi connectivity index (χ1n) is 4.91. The zero-order chi connectivity index (χ0) is 12.3. The fourth-order valence-electron chi connectivity index (χ4n) is 1.15. The van der Waals surface area contributed by atoms with Crippen molar-refractivity contribution in [1.82, 2.24) is 0 Å². The van der Waals surface area contributed by atoms with Gasteiger partial charge in [-0.3, -0.25) is 0 Å². The summed E-state index contributed by atoms with van der Waals surface area (Å²) in [6, 6.07) is 3.31. The van der Waals surface area contributed by atoms with Gasteiger partial charge >= 0.3 is 6.18 Å². The third kappa shape index (κ3) is 3.59. The molecule has 0 aliphatic heterocycles. The lowest BCUT2D eigenvalue weighted by Gasteiger charge is -2.13. The molecule has 1 nitrogen and oxygen atoms in total. The Hall–Kier alpha value is -0.900. The third-order valence-corrected chi connectivity index (χ3v) is 2.31. The standard InChI is InChI=1S/C11H13ClF3N/c1-7(2)6-16-10-4-3-8(5-9(10)12)11(13,14)15/h3-5,7,16H,6H2,1-2H3. The summed E-state index contributed by atoms with van der Waals surface area (Å²) >= 11 is 5.76. The van der Waals surface area contributed by atoms with Crippen LogP contribution < -0.4 is 5.32 Å². The number of halogens is 4. The number of anilines is 1. The van der Waals surface area contributed by atoms with Crippen molar-refractivity contribution >= 4 is 17.3 Å². The summed E-state index contributed by atoms with van der Waals surface area (Å²) in [5.41, 5.74) is -0.198. The van der Waals surface area contributed by atoms with Gasteiger partial charge in [-0.2, -0.15) is 13.2 Å². The molecule has 1 rings (SSSR count). The fourth-order valence-corrected chi connectivity index (χ4v) is 1.40. The molecule has 0 unspecified atom stereocenters. The first kappa shape index (κ1) is 13.2. The van der Waals surface area contributed by atoms with Crippen molar-refractivity contribution < 1.29 is 13.2 Å². The smallest absolute Gasteiger partial charge is 0.384 e. The first-order valence-corrected chi connectivity index (χ1v) is 5.29. The lowest BCUT2D eigenvalue weighted by Crippen LogP contribution is -2.09. The van der Waals surface area contributed by atoms with E-state index in [1.807, 2.05) is 13.8 Å².